The summed E-state index contributed by atoms with van der Waals surface area (Å²) in [7, 11) is 1.25. The number of nitrogens with zero attached hydrogens (tertiary/aromatic N) is 2. The maximum absolute atomic E-state index is 11.3. The Morgan fingerprint density at radius 2 is 1.36 bits per heavy atom. The van der Waals surface area contributed by atoms with Crippen molar-refractivity contribution in [2.24, 2.45) is 5.73 Å². The molecule has 0 atom stereocenters. The molecule has 0 saturated carbocycles. The number of carboxylic acid groups (broad SMARTS) is 4. The number of rotatable bonds is 14. The molecule has 12 nitrogen and oxygen atoms in total. The molecule has 0 aliphatic heterocycles. The summed E-state index contributed by atoms with van der Waals surface area (Å²) >= 11 is 0. The van der Waals surface area contributed by atoms with Gasteiger partial charge in [-0.2, -0.15) is 5.06 Å². The molecule has 0 spiro atoms. The Morgan fingerprint density at radius 1 is 0.920 bits per heavy atom. The Morgan fingerprint density at radius 3 is 1.64 bits per heavy atom. The Bertz CT molecular complexity index is 465. The molecular weight excluding hydrogens is 342 g/mol. The van der Waals surface area contributed by atoms with Crippen molar-refractivity contribution in [1.82, 2.24) is 9.96 Å². The molecule has 6 N–H and O–H groups in total. The highest BCUT2D eigenvalue weighted by atomic mass is 16.7. The monoisotopic (exact) mass is 365 g/mol. The zero-order chi connectivity index (χ0) is 19.6. The molecule has 144 valence electrons. The van der Waals surface area contributed by atoms with Gasteiger partial charge in [-0.25, -0.2) is 0 Å². The van der Waals surface area contributed by atoms with Crippen LogP contribution in [0, 0.1) is 0 Å². The van der Waals surface area contributed by atoms with Crippen molar-refractivity contribution in [2.75, 3.05) is 39.8 Å². The number of carboxylic acids is 4. The molecular formula is C13H23N3O9. The van der Waals surface area contributed by atoms with Crippen LogP contribution < -0.4 is 5.73 Å². The van der Waals surface area contributed by atoms with Crippen molar-refractivity contribution in [3.05, 3.63) is 0 Å². The van der Waals surface area contributed by atoms with Crippen molar-refractivity contribution >= 4 is 23.9 Å². The fourth-order valence-electron chi connectivity index (χ4n) is 2.49. The highest BCUT2D eigenvalue weighted by Crippen LogP contribution is 2.26. The van der Waals surface area contributed by atoms with Crippen molar-refractivity contribution in [1.29, 1.82) is 0 Å². The number of hydrogen-bond acceptors (Lipinski definition) is 8. The standard InChI is InChI=1S/C13H23N3O9/c1-25-16(3-2-14)8-13(4-9(17)18,5-10(19)20)15(6-11(21)22)7-12(23)24/h2-8,14H2,1H3,(H,17,18)(H,19,20)(H,21,22)(H,23,24). The van der Waals surface area contributed by atoms with Crippen LogP contribution in [0.5, 0.6) is 0 Å². The highest BCUT2D eigenvalue weighted by molar-refractivity contribution is 5.76. The van der Waals surface area contributed by atoms with Crippen LogP contribution in [-0.2, 0) is 24.0 Å². The molecule has 0 radical (unpaired) electrons. The second-order valence-electron chi connectivity index (χ2n) is 5.34. The first-order chi connectivity index (χ1) is 11.6. The molecule has 0 bridgehead atoms. The van der Waals surface area contributed by atoms with Gasteiger partial charge in [0.05, 0.1) is 38.6 Å². The minimum Gasteiger partial charge on any atom is -0.481 e. The lowest BCUT2D eigenvalue weighted by atomic mass is 9.88. The van der Waals surface area contributed by atoms with Crippen LogP contribution in [0.1, 0.15) is 12.8 Å². The second-order valence-corrected chi connectivity index (χ2v) is 5.34. The quantitative estimate of drug-likeness (QED) is 0.212. The van der Waals surface area contributed by atoms with Gasteiger partial charge in [-0.15, -0.1) is 0 Å². The third-order valence-corrected chi connectivity index (χ3v) is 3.39. The van der Waals surface area contributed by atoms with Crippen molar-refractivity contribution in [2.45, 2.75) is 18.4 Å². The Kier molecular flexibility index (Phi) is 9.59. The summed E-state index contributed by atoms with van der Waals surface area (Å²) in [5.41, 5.74) is 3.57. The van der Waals surface area contributed by atoms with Crippen LogP contribution in [0.4, 0.5) is 0 Å². The van der Waals surface area contributed by atoms with E-state index in [1.807, 2.05) is 0 Å². The first kappa shape index (κ1) is 22.7. The maximum Gasteiger partial charge on any atom is 0.317 e. The molecule has 25 heavy (non-hydrogen) atoms. The van der Waals surface area contributed by atoms with E-state index >= 15 is 0 Å². The van der Waals surface area contributed by atoms with E-state index in [1.54, 1.807) is 0 Å². The zero-order valence-corrected chi connectivity index (χ0v) is 13.8. The third-order valence-electron chi connectivity index (χ3n) is 3.39. The number of nitrogens with two attached hydrogens (primary N) is 1. The van der Waals surface area contributed by atoms with E-state index in [-0.39, 0.29) is 19.6 Å². The third kappa shape index (κ3) is 8.39. The molecule has 0 aromatic rings. The van der Waals surface area contributed by atoms with Crippen LogP contribution in [0.25, 0.3) is 0 Å². The van der Waals surface area contributed by atoms with E-state index in [0.29, 0.717) is 0 Å². The summed E-state index contributed by atoms with van der Waals surface area (Å²) in [6.07, 6.45) is -1.60. The summed E-state index contributed by atoms with van der Waals surface area (Å²) in [6.45, 7) is -1.87. The van der Waals surface area contributed by atoms with Gasteiger partial charge in [0.2, 0.25) is 0 Å². The van der Waals surface area contributed by atoms with Gasteiger partial charge >= 0.3 is 23.9 Å². The smallest absolute Gasteiger partial charge is 0.317 e. The van der Waals surface area contributed by atoms with Gasteiger partial charge < -0.3 is 31.0 Å². The molecule has 0 aliphatic carbocycles. The first-order valence-corrected chi connectivity index (χ1v) is 7.17. The van der Waals surface area contributed by atoms with Gasteiger partial charge in [0.15, 0.2) is 0 Å². The summed E-state index contributed by atoms with van der Waals surface area (Å²) in [5, 5.41) is 37.6. The summed E-state index contributed by atoms with van der Waals surface area (Å²) in [6, 6.07) is 0. The van der Waals surface area contributed by atoms with E-state index in [0.717, 1.165) is 4.90 Å². The lowest BCUT2D eigenvalue weighted by molar-refractivity contribution is -0.175. The predicted molar refractivity (Wildman–Crippen MR) is 81.7 cm³/mol. The van der Waals surface area contributed by atoms with Gasteiger partial charge in [-0.3, -0.25) is 24.1 Å². The minimum atomic E-state index is -1.83. The Hall–Kier alpha value is -2.28. The predicted octanol–water partition coefficient (Wildman–Crippen LogP) is -2.03. The first-order valence-electron chi connectivity index (χ1n) is 7.17. The zero-order valence-electron chi connectivity index (χ0n) is 13.8. The summed E-state index contributed by atoms with van der Waals surface area (Å²) < 4.78 is 0. The summed E-state index contributed by atoms with van der Waals surface area (Å²) in [4.78, 5) is 50.6. The molecule has 0 saturated heterocycles. The van der Waals surface area contributed by atoms with Crippen LogP contribution in [0.2, 0.25) is 0 Å². The van der Waals surface area contributed by atoms with E-state index in [4.69, 9.17) is 20.8 Å². The number of hydrogen-bond donors (Lipinski definition) is 5. The van der Waals surface area contributed by atoms with Gasteiger partial charge in [0.25, 0.3) is 0 Å². The molecule has 0 amide bonds. The van der Waals surface area contributed by atoms with Crippen LogP contribution >= 0.6 is 0 Å². The largest absolute Gasteiger partial charge is 0.481 e. The lowest BCUT2D eigenvalue weighted by Gasteiger charge is -2.43. The van der Waals surface area contributed by atoms with Gasteiger partial charge in [0.1, 0.15) is 0 Å². The van der Waals surface area contributed by atoms with E-state index in [2.05, 4.69) is 0 Å². The second kappa shape index (κ2) is 10.6. The van der Waals surface area contributed by atoms with Crippen LogP contribution in [0.3, 0.4) is 0 Å². The average Bonchev–Trinajstić information content (AvgIpc) is 2.43. The summed E-state index contributed by atoms with van der Waals surface area (Å²) in [5.74, 6) is -5.68. The highest BCUT2D eigenvalue weighted by Gasteiger charge is 2.44. The minimum absolute atomic E-state index is 0.0991. The Labute approximate surface area is 143 Å². The van der Waals surface area contributed by atoms with Crippen LogP contribution in [0.15, 0.2) is 0 Å². The van der Waals surface area contributed by atoms with Gasteiger partial charge in [-0.1, -0.05) is 0 Å². The number of aliphatic carboxylic acids is 4. The molecule has 0 aliphatic rings. The number of carbonyl (C=O) groups is 4. The fourth-order valence-corrected chi connectivity index (χ4v) is 2.49. The SMILES string of the molecule is CON(CCN)CC(CC(=O)O)(CC(=O)O)N(CC(=O)O)CC(=O)O. The maximum atomic E-state index is 11.3. The van der Waals surface area contributed by atoms with E-state index in [9.17, 15) is 29.4 Å². The number of hydroxylamine groups is 2. The molecule has 0 unspecified atom stereocenters. The van der Waals surface area contributed by atoms with Crippen molar-refractivity contribution in [3.63, 3.8) is 0 Å². The fraction of sp³-hybridized carbons (Fsp3) is 0.692. The average molecular weight is 365 g/mol. The van der Waals surface area contributed by atoms with Crippen LogP contribution in [-0.4, -0.2) is 99.6 Å². The molecule has 0 rings (SSSR count). The van der Waals surface area contributed by atoms with Crippen molar-refractivity contribution in [3.8, 4) is 0 Å². The van der Waals surface area contributed by atoms with Gasteiger partial charge in [0, 0.05) is 19.6 Å². The van der Waals surface area contributed by atoms with E-state index < -0.39 is 55.3 Å². The molecule has 0 aromatic carbocycles. The molecule has 0 heterocycles. The molecule has 12 heteroatoms. The van der Waals surface area contributed by atoms with Gasteiger partial charge in [-0.05, 0) is 0 Å². The van der Waals surface area contributed by atoms with Crippen molar-refractivity contribution < 1.29 is 44.4 Å². The van der Waals surface area contributed by atoms with E-state index in [1.165, 1.54) is 12.2 Å². The normalized spacial score (nSPS) is 11.7. The lowest BCUT2D eigenvalue weighted by Crippen LogP contribution is -2.60. The Balaban J connectivity index is 6.02. The molecule has 0 fully saturated rings. The topological polar surface area (TPSA) is 191 Å². The molecule has 0 aromatic heterocycles.